The molecule has 6 N–H and O–H groups in total. The molecule has 0 fully saturated rings. The van der Waals surface area contributed by atoms with Crippen LogP contribution in [0.4, 0.5) is 5.82 Å². The number of unbranched alkanes of at least 4 members (excludes halogenated alkanes) is 1. The first kappa shape index (κ1) is 14.2. The highest BCUT2D eigenvalue weighted by atomic mass is 35.5. The van der Waals surface area contributed by atoms with Gasteiger partial charge < -0.3 is 17.2 Å². The third kappa shape index (κ3) is 4.46. The summed E-state index contributed by atoms with van der Waals surface area (Å²) in [6, 6.07) is 3.76. The van der Waals surface area contributed by atoms with Gasteiger partial charge in [-0.15, -0.1) is 12.4 Å². The Bertz CT molecular complexity index is 280. The van der Waals surface area contributed by atoms with Crippen molar-refractivity contribution >= 4 is 18.2 Å². The Labute approximate surface area is 96.6 Å². The number of aromatic nitrogens is 1. The van der Waals surface area contributed by atoms with Crippen molar-refractivity contribution in [3.63, 3.8) is 0 Å². The van der Waals surface area contributed by atoms with Crippen LogP contribution in [-0.2, 0) is 0 Å². The molecule has 1 aromatic rings. The van der Waals surface area contributed by atoms with Gasteiger partial charge in [0.25, 0.3) is 0 Å². The van der Waals surface area contributed by atoms with E-state index in [1.54, 1.807) is 6.20 Å². The number of nitrogens with two attached hydrogens (primary N) is 3. The van der Waals surface area contributed by atoms with E-state index in [0.29, 0.717) is 5.82 Å². The highest BCUT2D eigenvalue weighted by Gasteiger charge is 2.08. The smallest absolute Gasteiger partial charge is 0.128 e. The van der Waals surface area contributed by atoms with Crippen LogP contribution in [-0.4, -0.2) is 11.5 Å². The predicted molar refractivity (Wildman–Crippen MR) is 65.7 cm³/mol. The molecular weight excluding hydrogens is 212 g/mol. The molecule has 0 aliphatic heterocycles. The van der Waals surface area contributed by atoms with Gasteiger partial charge in [-0.2, -0.15) is 0 Å². The van der Waals surface area contributed by atoms with Crippen molar-refractivity contribution in [2.45, 2.75) is 25.3 Å². The molecule has 1 heterocycles. The van der Waals surface area contributed by atoms with Crippen LogP contribution in [0.5, 0.6) is 0 Å². The summed E-state index contributed by atoms with van der Waals surface area (Å²) in [6.07, 6.45) is 4.62. The van der Waals surface area contributed by atoms with Gasteiger partial charge in [-0.1, -0.05) is 12.5 Å². The molecule has 0 aliphatic rings. The van der Waals surface area contributed by atoms with Crippen LogP contribution in [0.3, 0.4) is 0 Å². The minimum Gasteiger partial charge on any atom is -0.383 e. The van der Waals surface area contributed by atoms with E-state index in [1.807, 2.05) is 12.1 Å². The zero-order valence-electron chi connectivity index (χ0n) is 8.73. The minimum absolute atomic E-state index is 0. The van der Waals surface area contributed by atoms with Crippen LogP contribution < -0.4 is 17.2 Å². The third-order valence-electron chi connectivity index (χ3n) is 2.24. The quantitative estimate of drug-likeness (QED) is 0.664. The van der Waals surface area contributed by atoms with Crippen molar-refractivity contribution in [3.8, 4) is 0 Å². The zero-order chi connectivity index (χ0) is 10.4. The Hall–Kier alpha value is -0.840. The first-order chi connectivity index (χ1) is 6.75. The van der Waals surface area contributed by atoms with E-state index >= 15 is 0 Å². The topological polar surface area (TPSA) is 91.0 Å². The summed E-state index contributed by atoms with van der Waals surface area (Å²) in [7, 11) is 0. The number of pyridine rings is 1. The lowest BCUT2D eigenvalue weighted by molar-refractivity contribution is 0.591. The molecule has 1 rings (SSSR count). The van der Waals surface area contributed by atoms with Crippen molar-refractivity contribution in [1.29, 1.82) is 0 Å². The van der Waals surface area contributed by atoms with Gasteiger partial charge in [0.15, 0.2) is 0 Å². The average molecular weight is 231 g/mol. The number of hydrogen-bond donors (Lipinski definition) is 3. The standard InChI is InChI=1S/C10H18N4.ClH/c11-6-2-1-5-9(12)8-4-3-7-14-10(8)13;/h3-4,7,9H,1-2,5-6,11-12H2,(H2,13,14);1H/t9-;/m1./s1. The third-order valence-corrected chi connectivity index (χ3v) is 2.24. The number of hydrogen-bond acceptors (Lipinski definition) is 4. The summed E-state index contributed by atoms with van der Waals surface area (Å²) in [4.78, 5) is 4.00. The van der Waals surface area contributed by atoms with E-state index in [0.717, 1.165) is 31.4 Å². The van der Waals surface area contributed by atoms with E-state index in [9.17, 15) is 0 Å². The van der Waals surface area contributed by atoms with Crippen LogP contribution in [0.2, 0.25) is 0 Å². The fraction of sp³-hybridized carbons (Fsp3) is 0.500. The van der Waals surface area contributed by atoms with Crippen LogP contribution in [0.15, 0.2) is 18.3 Å². The number of nitrogens with zero attached hydrogens (tertiary/aromatic N) is 1. The number of anilines is 1. The van der Waals surface area contributed by atoms with Crippen LogP contribution in [0, 0.1) is 0 Å². The summed E-state index contributed by atoms with van der Waals surface area (Å²) in [6.45, 7) is 0.718. The molecule has 0 amide bonds. The Morgan fingerprint density at radius 1 is 1.33 bits per heavy atom. The molecule has 4 nitrogen and oxygen atoms in total. The molecule has 0 aliphatic carbocycles. The molecule has 0 unspecified atom stereocenters. The highest BCUT2D eigenvalue weighted by Crippen LogP contribution is 2.20. The monoisotopic (exact) mass is 230 g/mol. The fourth-order valence-corrected chi connectivity index (χ4v) is 1.41. The predicted octanol–water partition coefficient (Wildman–Crippen LogP) is 1.21. The summed E-state index contributed by atoms with van der Waals surface area (Å²) in [5, 5.41) is 0. The maximum absolute atomic E-state index is 5.98. The van der Waals surface area contributed by atoms with E-state index in [-0.39, 0.29) is 18.4 Å². The molecule has 15 heavy (non-hydrogen) atoms. The Kier molecular flexibility index (Phi) is 7.03. The summed E-state index contributed by atoms with van der Waals surface area (Å²) >= 11 is 0. The minimum atomic E-state index is -0.0183. The summed E-state index contributed by atoms with van der Waals surface area (Å²) in [5.41, 5.74) is 18.0. The number of nitrogen functional groups attached to an aromatic ring is 1. The molecule has 1 aromatic heterocycles. The lowest BCUT2D eigenvalue weighted by atomic mass is 10.0. The van der Waals surface area contributed by atoms with Crippen molar-refractivity contribution < 1.29 is 0 Å². The van der Waals surface area contributed by atoms with Gasteiger partial charge in [0.2, 0.25) is 0 Å². The molecule has 0 aromatic carbocycles. The first-order valence-electron chi connectivity index (χ1n) is 4.91. The molecule has 0 spiro atoms. The van der Waals surface area contributed by atoms with Gasteiger partial charge in [-0.3, -0.25) is 0 Å². The summed E-state index contributed by atoms with van der Waals surface area (Å²) < 4.78 is 0. The molecule has 0 saturated carbocycles. The van der Waals surface area contributed by atoms with Gasteiger partial charge in [0, 0.05) is 17.8 Å². The van der Waals surface area contributed by atoms with Gasteiger partial charge in [0.1, 0.15) is 5.82 Å². The maximum atomic E-state index is 5.98. The van der Waals surface area contributed by atoms with E-state index < -0.39 is 0 Å². The highest BCUT2D eigenvalue weighted by molar-refractivity contribution is 5.85. The second-order valence-electron chi connectivity index (χ2n) is 3.37. The van der Waals surface area contributed by atoms with Gasteiger partial charge in [0.05, 0.1) is 0 Å². The van der Waals surface area contributed by atoms with E-state index in [1.165, 1.54) is 0 Å². The molecular formula is C10H19ClN4. The molecule has 0 bridgehead atoms. The van der Waals surface area contributed by atoms with Crippen LogP contribution >= 0.6 is 12.4 Å². The van der Waals surface area contributed by atoms with Crippen LogP contribution in [0.1, 0.15) is 30.9 Å². The summed E-state index contributed by atoms with van der Waals surface area (Å²) in [5.74, 6) is 0.535. The first-order valence-corrected chi connectivity index (χ1v) is 4.91. The molecule has 0 radical (unpaired) electrons. The largest absolute Gasteiger partial charge is 0.383 e. The lowest BCUT2D eigenvalue weighted by Gasteiger charge is -2.12. The maximum Gasteiger partial charge on any atom is 0.128 e. The average Bonchev–Trinajstić information content (AvgIpc) is 2.18. The Morgan fingerprint density at radius 3 is 2.67 bits per heavy atom. The van der Waals surface area contributed by atoms with E-state index in [2.05, 4.69) is 4.98 Å². The molecule has 86 valence electrons. The van der Waals surface area contributed by atoms with Crippen molar-refractivity contribution in [3.05, 3.63) is 23.9 Å². The van der Waals surface area contributed by atoms with Crippen molar-refractivity contribution in [1.82, 2.24) is 4.98 Å². The van der Waals surface area contributed by atoms with Gasteiger partial charge in [-0.05, 0) is 25.5 Å². The molecule has 5 heteroatoms. The second-order valence-corrected chi connectivity index (χ2v) is 3.37. The second kappa shape index (κ2) is 7.45. The number of rotatable bonds is 5. The Morgan fingerprint density at radius 2 is 2.07 bits per heavy atom. The van der Waals surface area contributed by atoms with Crippen molar-refractivity contribution in [2.24, 2.45) is 11.5 Å². The molecule has 1 atom stereocenters. The Balaban J connectivity index is 0.00000196. The van der Waals surface area contributed by atoms with Crippen LogP contribution in [0.25, 0.3) is 0 Å². The normalized spacial score (nSPS) is 11.9. The lowest BCUT2D eigenvalue weighted by Crippen LogP contribution is -2.13. The van der Waals surface area contributed by atoms with E-state index in [4.69, 9.17) is 17.2 Å². The van der Waals surface area contributed by atoms with Crippen molar-refractivity contribution in [2.75, 3.05) is 12.3 Å². The number of halogens is 1. The van der Waals surface area contributed by atoms with Gasteiger partial charge >= 0.3 is 0 Å². The molecule has 0 saturated heterocycles. The zero-order valence-corrected chi connectivity index (χ0v) is 9.54. The van der Waals surface area contributed by atoms with Gasteiger partial charge in [-0.25, -0.2) is 4.98 Å². The fourth-order valence-electron chi connectivity index (χ4n) is 1.41. The SMILES string of the molecule is Cl.NCCCC[C@@H](N)c1cccnc1N.